The predicted molar refractivity (Wildman–Crippen MR) is 117 cm³/mol. The van der Waals surface area contributed by atoms with Crippen LogP contribution < -0.4 is 0 Å². The molecule has 0 radical (unpaired) electrons. The Bertz CT molecular complexity index is 1220. The van der Waals surface area contributed by atoms with Gasteiger partial charge in [0.25, 0.3) is 0 Å². The lowest BCUT2D eigenvalue weighted by Crippen LogP contribution is -2.34. The maximum atomic E-state index is 13.4. The summed E-state index contributed by atoms with van der Waals surface area (Å²) in [5.74, 6) is -0.344. The largest absolute Gasteiger partial charge is 0.416 e. The SMILES string of the molecule is CC(C)(C)c1nnnn1-c1cc(C(=O)CC(C)(C)C(F)(F)F)cc(-c2ccc(C(F)(F)F)cc2)c1. The topological polar surface area (TPSA) is 60.7 Å². The van der Waals surface area contributed by atoms with Gasteiger partial charge in [0.05, 0.1) is 16.7 Å². The first-order valence-electron chi connectivity index (χ1n) is 10.6. The maximum absolute atomic E-state index is 13.4. The van der Waals surface area contributed by atoms with E-state index in [1.807, 2.05) is 20.8 Å². The average molecular weight is 498 g/mol. The quantitative estimate of drug-likeness (QED) is 0.287. The summed E-state index contributed by atoms with van der Waals surface area (Å²) in [6, 6.07) is 8.58. The number of hydrogen-bond donors (Lipinski definition) is 0. The number of rotatable bonds is 5. The van der Waals surface area contributed by atoms with E-state index in [4.69, 9.17) is 0 Å². The first-order valence-corrected chi connectivity index (χ1v) is 10.6. The molecule has 3 aromatic rings. The van der Waals surface area contributed by atoms with E-state index in [9.17, 15) is 31.1 Å². The summed E-state index contributed by atoms with van der Waals surface area (Å²) in [4.78, 5) is 13.0. The van der Waals surface area contributed by atoms with Crippen molar-refractivity contribution >= 4 is 5.78 Å². The molecular formula is C24H24F6N4O. The second kappa shape index (κ2) is 8.76. The first-order chi connectivity index (χ1) is 15.9. The van der Waals surface area contributed by atoms with Gasteiger partial charge in [0.2, 0.25) is 0 Å². The van der Waals surface area contributed by atoms with E-state index in [-0.39, 0.29) is 5.56 Å². The number of alkyl halides is 6. The van der Waals surface area contributed by atoms with Gasteiger partial charge in [-0.2, -0.15) is 31.0 Å². The molecule has 0 amide bonds. The zero-order chi connectivity index (χ0) is 26.4. The minimum atomic E-state index is -4.61. The summed E-state index contributed by atoms with van der Waals surface area (Å²) in [6.07, 6.45) is -9.95. The van der Waals surface area contributed by atoms with Crippen LogP contribution >= 0.6 is 0 Å². The molecule has 0 saturated heterocycles. The van der Waals surface area contributed by atoms with Gasteiger partial charge in [0.15, 0.2) is 11.6 Å². The fourth-order valence-electron chi connectivity index (χ4n) is 3.35. The molecule has 0 spiro atoms. The third kappa shape index (κ3) is 5.71. The summed E-state index contributed by atoms with van der Waals surface area (Å²) < 4.78 is 80.5. The molecule has 5 nitrogen and oxygen atoms in total. The van der Waals surface area contributed by atoms with Crippen LogP contribution in [0.25, 0.3) is 16.8 Å². The minimum absolute atomic E-state index is 0.0370. The monoisotopic (exact) mass is 498 g/mol. The van der Waals surface area contributed by atoms with Gasteiger partial charge in [0.1, 0.15) is 0 Å². The molecular weight excluding hydrogens is 474 g/mol. The number of carbonyl (C=O) groups excluding carboxylic acids is 1. The van der Waals surface area contributed by atoms with Crippen molar-refractivity contribution in [3.05, 3.63) is 59.4 Å². The van der Waals surface area contributed by atoms with Crippen LogP contribution in [0.2, 0.25) is 0 Å². The molecule has 0 N–H and O–H groups in total. The van der Waals surface area contributed by atoms with E-state index in [2.05, 4.69) is 15.5 Å². The van der Waals surface area contributed by atoms with Gasteiger partial charge >= 0.3 is 12.4 Å². The highest BCUT2D eigenvalue weighted by molar-refractivity contribution is 5.98. The molecule has 1 heterocycles. The van der Waals surface area contributed by atoms with E-state index in [1.54, 1.807) is 6.07 Å². The summed E-state index contributed by atoms with van der Waals surface area (Å²) in [5.41, 5.74) is -2.71. The molecule has 0 saturated carbocycles. The number of ketones is 1. The Morgan fingerprint density at radius 3 is 1.97 bits per heavy atom. The fraction of sp³-hybridized carbons (Fsp3) is 0.417. The highest BCUT2D eigenvalue weighted by Crippen LogP contribution is 2.41. The zero-order valence-corrected chi connectivity index (χ0v) is 19.7. The molecule has 0 aliphatic rings. The van der Waals surface area contributed by atoms with E-state index < -0.39 is 41.0 Å². The number of nitrogens with zero attached hydrogens (tertiary/aromatic N) is 4. The molecule has 2 aromatic carbocycles. The molecule has 0 aliphatic heterocycles. The van der Waals surface area contributed by atoms with Gasteiger partial charge in [-0.25, -0.2) is 0 Å². The molecule has 0 atom stereocenters. The summed E-state index contributed by atoms with van der Waals surface area (Å²) >= 11 is 0. The second-order valence-corrected chi connectivity index (χ2v) is 9.99. The van der Waals surface area contributed by atoms with Crippen molar-refractivity contribution in [1.82, 2.24) is 20.2 Å². The number of carbonyl (C=O) groups is 1. The predicted octanol–water partition coefficient (Wildman–Crippen LogP) is 6.81. The highest BCUT2D eigenvalue weighted by Gasteiger charge is 2.48. The van der Waals surface area contributed by atoms with Gasteiger partial charge in [-0.15, -0.1) is 5.10 Å². The van der Waals surface area contributed by atoms with Crippen molar-refractivity contribution in [3.8, 4) is 16.8 Å². The Morgan fingerprint density at radius 1 is 0.857 bits per heavy atom. The van der Waals surface area contributed by atoms with Crippen LogP contribution in [0, 0.1) is 5.41 Å². The van der Waals surface area contributed by atoms with Crippen molar-refractivity contribution in [2.24, 2.45) is 5.41 Å². The van der Waals surface area contributed by atoms with Crippen molar-refractivity contribution in [1.29, 1.82) is 0 Å². The average Bonchev–Trinajstić information content (AvgIpc) is 3.22. The lowest BCUT2D eigenvalue weighted by atomic mass is 9.84. The minimum Gasteiger partial charge on any atom is -0.294 e. The lowest BCUT2D eigenvalue weighted by Gasteiger charge is -2.27. The fourth-order valence-corrected chi connectivity index (χ4v) is 3.35. The van der Waals surface area contributed by atoms with E-state index >= 15 is 0 Å². The van der Waals surface area contributed by atoms with E-state index in [1.165, 1.54) is 28.9 Å². The Kier molecular flexibility index (Phi) is 6.60. The molecule has 3 rings (SSSR count). The van der Waals surface area contributed by atoms with E-state index in [0.29, 0.717) is 22.6 Å². The second-order valence-electron chi connectivity index (χ2n) is 9.99. The molecule has 188 valence electrons. The Morgan fingerprint density at radius 2 is 1.46 bits per heavy atom. The number of tetrazole rings is 1. The highest BCUT2D eigenvalue weighted by atomic mass is 19.4. The molecule has 11 heteroatoms. The third-order valence-corrected chi connectivity index (χ3v) is 5.54. The van der Waals surface area contributed by atoms with Crippen LogP contribution in [0.4, 0.5) is 26.3 Å². The number of hydrogen-bond acceptors (Lipinski definition) is 4. The van der Waals surface area contributed by atoms with Gasteiger partial charge < -0.3 is 0 Å². The first kappa shape index (κ1) is 26.4. The number of halogens is 6. The van der Waals surface area contributed by atoms with Gasteiger partial charge in [-0.3, -0.25) is 4.79 Å². The molecule has 0 bridgehead atoms. The smallest absolute Gasteiger partial charge is 0.294 e. The van der Waals surface area contributed by atoms with Crippen molar-refractivity contribution in [2.45, 2.75) is 58.8 Å². The van der Waals surface area contributed by atoms with Crippen LogP contribution in [0.3, 0.4) is 0 Å². The summed E-state index contributed by atoms with van der Waals surface area (Å²) in [6.45, 7) is 7.43. The third-order valence-electron chi connectivity index (χ3n) is 5.54. The number of aromatic nitrogens is 4. The Balaban J connectivity index is 2.15. The summed E-state index contributed by atoms with van der Waals surface area (Å²) in [5, 5.41) is 11.7. The molecule has 35 heavy (non-hydrogen) atoms. The van der Waals surface area contributed by atoms with Crippen molar-refractivity contribution < 1.29 is 31.1 Å². The standard InChI is InChI=1S/C24H24F6N4O/c1-21(2,3)20-31-32-33-34(20)18-11-15(14-6-8-17(9-7-14)23(25,26)27)10-16(12-18)19(35)13-22(4,5)24(28,29)30/h6-12H,13H2,1-5H3. The van der Waals surface area contributed by atoms with Crippen molar-refractivity contribution in [2.75, 3.05) is 0 Å². The molecule has 0 fully saturated rings. The maximum Gasteiger partial charge on any atom is 0.416 e. The number of Topliss-reactive ketones (excluding diaryl/α,β-unsaturated/α-hetero) is 1. The molecule has 1 aromatic heterocycles. The van der Waals surface area contributed by atoms with Crippen LogP contribution in [0.15, 0.2) is 42.5 Å². The Hall–Kier alpha value is -3.24. The van der Waals surface area contributed by atoms with Crippen LogP contribution in [0.1, 0.15) is 62.8 Å². The van der Waals surface area contributed by atoms with Crippen LogP contribution in [-0.2, 0) is 11.6 Å². The van der Waals surface area contributed by atoms with Gasteiger partial charge in [-0.05, 0) is 51.9 Å². The van der Waals surface area contributed by atoms with Crippen LogP contribution in [-0.4, -0.2) is 32.2 Å². The number of benzene rings is 2. The molecule has 0 aliphatic carbocycles. The Labute approximate surface area is 198 Å². The zero-order valence-electron chi connectivity index (χ0n) is 19.7. The lowest BCUT2D eigenvalue weighted by molar-refractivity contribution is -0.210. The van der Waals surface area contributed by atoms with Gasteiger partial charge in [-0.1, -0.05) is 46.8 Å². The molecule has 0 unspecified atom stereocenters. The van der Waals surface area contributed by atoms with E-state index in [0.717, 1.165) is 26.0 Å². The summed E-state index contributed by atoms with van der Waals surface area (Å²) in [7, 11) is 0. The normalized spacial score (nSPS) is 13.2. The van der Waals surface area contributed by atoms with Gasteiger partial charge in [0, 0.05) is 17.4 Å². The van der Waals surface area contributed by atoms with Crippen molar-refractivity contribution in [3.63, 3.8) is 0 Å². The van der Waals surface area contributed by atoms with Crippen LogP contribution in [0.5, 0.6) is 0 Å².